The molecule has 1 aliphatic rings. The second kappa shape index (κ2) is 8.56. The van der Waals surface area contributed by atoms with E-state index in [1.807, 2.05) is 38.1 Å². The van der Waals surface area contributed by atoms with E-state index in [1.165, 1.54) is 0 Å². The van der Waals surface area contributed by atoms with Gasteiger partial charge in [0.25, 0.3) is 5.91 Å². The fourth-order valence-corrected chi connectivity index (χ4v) is 2.89. The number of hydrogen-bond donors (Lipinski definition) is 2. The van der Waals surface area contributed by atoms with Crippen LogP contribution in [-0.2, 0) is 14.3 Å². The first-order valence-electron chi connectivity index (χ1n) is 9.05. The summed E-state index contributed by atoms with van der Waals surface area (Å²) in [6.45, 7) is 3.77. The molecule has 0 spiro atoms. The van der Waals surface area contributed by atoms with Gasteiger partial charge in [-0.05, 0) is 18.1 Å². The Balaban J connectivity index is 1.66. The summed E-state index contributed by atoms with van der Waals surface area (Å²) in [4.78, 5) is 36.3. The van der Waals surface area contributed by atoms with Crippen molar-refractivity contribution in [3.8, 4) is 11.5 Å². The predicted molar refractivity (Wildman–Crippen MR) is 102 cm³/mol. The molecule has 0 saturated carbocycles. The summed E-state index contributed by atoms with van der Waals surface area (Å²) in [5, 5.41) is 4.70. The molecule has 0 bridgehead atoms. The molecule has 0 radical (unpaired) electrons. The molecule has 3 rings (SSSR count). The number of hydrogen-bond acceptors (Lipinski definition) is 5. The Morgan fingerprint density at radius 1 is 1.00 bits per heavy atom. The van der Waals surface area contributed by atoms with Crippen LogP contribution < -0.4 is 15.4 Å². The number of urea groups is 1. The lowest BCUT2D eigenvalue weighted by Gasteiger charge is -2.26. The molecule has 2 aromatic carbocycles. The molecule has 0 atom stereocenters. The van der Waals surface area contributed by atoms with Gasteiger partial charge < -0.3 is 14.8 Å². The first-order chi connectivity index (χ1) is 13.5. The Kier molecular flexibility index (Phi) is 5.93. The van der Waals surface area contributed by atoms with Crippen LogP contribution in [-0.4, -0.2) is 31.1 Å². The van der Waals surface area contributed by atoms with Crippen molar-refractivity contribution < 1.29 is 23.9 Å². The van der Waals surface area contributed by atoms with E-state index in [2.05, 4.69) is 10.6 Å². The number of imide groups is 1. The van der Waals surface area contributed by atoms with Crippen LogP contribution >= 0.6 is 0 Å². The average molecular weight is 382 g/mol. The molecule has 0 aliphatic carbocycles. The molecule has 7 heteroatoms. The zero-order chi connectivity index (χ0) is 20.1. The Morgan fingerprint density at radius 3 is 2.14 bits per heavy atom. The summed E-state index contributed by atoms with van der Waals surface area (Å²) < 4.78 is 11.0. The molecule has 0 unspecified atom stereocenters. The number of amides is 3. The van der Waals surface area contributed by atoms with Gasteiger partial charge in [0.1, 0.15) is 17.4 Å². The standard InChI is InChI=1S/C21H22N2O5/c1-13(2)11-22-21(26)23-18(24)12-27-20(25)19-14-7-3-5-9-16(14)28-17-10-6-4-8-15(17)19/h3-10,13,19H,11-12H2,1-2H3,(H2,22,23,24,26). The second-order valence-electron chi connectivity index (χ2n) is 6.87. The van der Waals surface area contributed by atoms with Crippen molar-refractivity contribution in [2.24, 2.45) is 5.92 Å². The minimum atomic E-state index is -0.705. The van der Waals surface area contributed by atoms with Crippen LogP contribution in [0.5, 0.6) is 11.5 Å². The molecule has 146 valence electrons. The molecule has 1 heterocycles. The molecule has 0 aromatic heterocycles. The van der Waals surface area contributed by atoms with Crippen molar-refractivity contribution >= 4 is 17.9 Å². The van der Waals surface area contributed by atoms with E-state index in [4.69, 9.17) is 9.47 Å². The van der Waals surface area contributed by atoms with Gasteiger partial charge in [-0.2, -0.15) is 0 Å². The number of esters is 1. The Morgan fingerprint density at radius 2 is 1.57 bits per heavy atom. The highest BCUT2D eigenvalue weighted by atomic mass is 16.5. The third-order valence-corrected chi connectivity index (χ3v) is 4.18. The van der Waals surface area contributed by atoms with Crippen molar-refractivity contribution in [2.75, 3.05) is 13.2 Å². The fraction of sp³-hybridized carbons (Fsp3) is 0.286. The van der Waals surface area contributed by atoms with Crippen LogP contribution in [0.3, 0.4) is 0 Å². The number of ether oxygens (including phenoxy) is 2. The minimum absolute atomic E-state index is 0.257. The number of para-hydroxylation sites is 2. The lowest BCUT2D eigenvalue weighted by Crippen LogP contribution is -2.42. The number of benzene rings is 2. The van der Waals surface area contributed by atoms with E-state index in [9.17, 15) is 14.4 Å². The van der Waals surface area contributed by atoms with Crippen molar-refractivity contribution in [2.45, 2.75) is 19.8 Å². The van der Waals surface area contributed by atoms with Gasteiger partial charge in [-0.1, -0.05) is 50.2 Å². The van der Waals surface area contributed by atoms with Crippen LogP contribution in [0.15, 0.2) is 48.5 Å². The van der Waals surface area contributed by atoms with Crippen LogP contribution in [0, 0.1) is 5.92 Å². The highest BCUT2D eigenvalue weighted by Crippen LogP contribution is 2.44. The maximum atomic E-state index is 12.8. The van der Waals surface area contributed by atoms with Gasteiger partial charge in [0, 0.05) is 17.7 Å². The van der Waals surface area contributed by atoms with E-state index >= 15 is 0 Å². The van der Waals surface area contributed by atoms with Crippen molar-refractivity contribution in [1.82, 2.24) is 10.6 Å². The topological polar surface area (TPSA) is 93.7 Å². The van der Waals surface area contributed by atoms with Crippen LogP contribution in [0.4, 0.5) is 4.79 Å². The number of carbonyl (C=O) groups is 3. The highest BCUT2D eigenvalue weighted by Gasteiger charge is 2.33. The molecule has 1 aliphatic heterocycles. The number of rotatable bonds is 5. The van der Waals surface area contributed by atoms with Crippen LogP contribution in [0.1, 0.15) is 30.9 Å². The number of carbonyl (C=O) groups excluding carboxylic acids is 3. The maximum Gasteiger partial charge on any atom is 0.321 e. The molecule has 0 saturated heterocycles. The number of nitrogens with one attached hydrogen (secondary N) is 2. The van der Waals surface area contributed by atoms with E-state index < -0.39 is 30.4 Å². The first-order valence-corrected chi connectivity index (χ1v) is 9.05. The van der Waals surface area contributed by atoms with Crippen molar-refractivity contribution in [3.05, 3.63) is 59.7 Å². The Hall–Kier alpha value is -3.35. The van der Waals surface area contributed by atoms with Gasteiger partial charge in [-0.3, -0.25) is 14.9 Å². The minimum Gasteiger partial charge on any atom is -0.457 e. The van der Waals surface area contributed by atoms with Gasteiger partial charge in [0.05, 0.1) is 0 Å². The molecule has 3 amide bonds. The number of fused-ring (bicyclic) bond motifs is 2. The highest BCUT2D eigenvalue weighted by molar-refractivity contribution is 5.96. The average Bonchev–Trinajstić information content (AvgIpc) is 2.68. The lowest BCUT2D eigenvalue weighted by atomic mass is 9.88. The van der Waals surface area contributed by atoms with Gasteiger partial charge in [-0.25, -0.2) is 4.79 Å². The van der Waals surface area contributed by atoms with E-state index in [0.717, 1.165) is 0 Å². The Bertz CT molecular complexity index is 848. The molecular formula is C21H22N2O5. The summed E-state index contributed by atoms with van der Waals surface area (Å²) in [6.07, 6.45) is 0. The quantitative estimate of drug-likeness (QED) is 0.776. The van der Waals surface area contributed by atoms with Crippen LogP contribution in [0.25, 0.3) is 0 Å². The first kappa shape index (κ1) is 19.4. The SMILES string of the molecule is CC(C)CNC(=O)NC(=O)COC(=O)C1c2ccccc2Oc2ccccc21. The largest absolute Gasteiger partial charge is 0.457 e. The molecule has 2 aromatic rings. The van der Waals surface area contributed by atoms with Gasteiger partial charge in [0.15, 0.2) is 6.61 Å². The summed E-state index contributed by atoms with van der Waals surface area (Å²) in [6, 6.07) is 13.8. The van der Waals surface area contributed by atoms with Gasteiger partial charge in [-0.15, -0.1) is 0 Å². The van der Waals surface area contributed by atoms with E-state index in [1.54, 1.807) is 24.3 Å². The van der Waals surface area contributed by atoms with Crippen molar-refractivity contribution in [3.63, 3.8) is 0 Å². The lowest BCUT2D eigenvalue weighted by molar-refractivity contribution is -0.149. The monoisotopic (exact) mass is 382 g/mol. The van der Waals surface area contributed by atoms with Gasteiger partial charge >= 0.3 is 12.0 Å². The molecule has 7 nitrogen and oxygen atoms in total. The third kappa shape index (κ3) is 4.49. The smallest absolute Gasteiger partial charge is 0.321 e. The molecular weight excluding hydrogens is 360 g/mol. The molecule has 28 heavy (non-hydrogen) atoms. The molecule has 0 fully saturated rings. The summed E-state index contributed by atoms with van der Waals surface area (Å²) in [5.74, 6) is -0.582. The second-order valence-corrected chi connectivity index (χ2v) is 6.87. The summed E-state index contributed by atoms with van der Waals surface area (Å²) >= 11 is 0. The zero-order valence-electron chi connectivity index (χ0n) is 15.7. The van der Waals surface area contributed by atoms with Gasteiger partial charge in [0.2, 0.25) is 0 Å². The molecule has 2 N–H and O–H groups in total. The normalized spacial score (nSPS) is 12.4. The summed E-state index contributed by atoms with van der Waals surface area (Å²) in [7, 11) is 0. The van der Waals surface area contributed by atoms with E-state index in [0.29, 0.717) is 29.2 Å². The van der Waals surface area contributed by atoms with Crippen LogP contribution in [0.2, 0.25) is 0 Å². The predicted octanol–water partition coefficient (Wildman–Crippen LogP) is 2.95. The zero-order valence-corrected chi connectivity index (χ0v) is 15.7. The third-order valence-electron chi connectivity index (χ3n) is 4.18. The fourth-order valence-electron chi connectivity index (χ4n) is 2.89. The van der Waals surface area contributed by atoms with E-state index in [-0.39, 0.29) is 5.92 Å². The Labute approximate surface area is 163 Å². The summed E-state index contributed by atoms with van der Waals surface area (Å²) in [5.41, 5.74) is 1.34. The van der Waals surface area contributed by atoms with Crippen molar-refractivity contribution in [1.29, 1.82) is 0 Å². The maximum absolute atomic E-state index is 12.8.